The first-order valence-corrected chi connectivity index (χ1v) is 10.5. The van der Waals surface area contributed by atoms with Gasteiger partial charge in [0.1, 0.15) is 0 Å². The van der Waals surface area contributed by atoms with Gasteiger partial charge < -0.3 is 14.7 Å². The van der Waals surface area contributed by atoms with Crippen molar-refractivity contribution in [2.75, 3.05) is 45.2 Å². The highest BCUT2D eigenvalue weighted by atomic mass is 16.2. The van der Waals surface area contributed by atoms with E-state index >= 15 is 0 Å². The molecule has 4 atom stereocenters. The summed E-state index contributed by atoms with van der Waals surface area (Å²) in [5, 5.41) is 0. The molecule has 4 rings (SSSR count). The summed E-state index contributed by atoms with van der Waals surface area (Å²) in [7, 11) is 3.57. The molecule has 1 saturated carbocycles. The molecule has 7 heteroatoms. The number of aromatic nitrogens is 2. The third-order valence-electron chi connectivity index (χ3n) is 6.50. The lowest BCUT2D eigenvalue weighted by Crippen LogP contribution is -2.35. The number of carbonyl (C=O) groups excluding carboxylic acids is 2. The summed E-state index contributed by atoms with van der Waals surface area (Å²) in [6.07, 6.45) is 6.37. The Balaban J connectivity index is 1.58. The second-order valence-corrected chi connectivity index (χ2v) is 8.84. The quantitative estimate of drug-likeness (QED) is 0.790. The zero-order valence-corrected chi connectivity index (χ0v) is 17.2. The lowest BCUT2D eigenvalue weighted by Gasteiger charge is -2.27. The van der Waals surface area contributed by atoms with Gasteiger partial charge in [-0.3, -0.25) is 9.59 Å². The number of piperidine rings is 1. The Morgan fingerprint density at radius 1 is 1.11 bits per heavy atom. The molecular weight excluding hydrogens is 354 g/mol. The normalized spacial score (nSPS) is 29.7. The van der Waals surface area contributed by atoms with Crippen LogP contribution in [0.4, 0.5) is 5.95 Å². The van der Waals surface area contributed by atoms with Crippen molar-refractivity contribution in [3.05, 3.63) is 18.0 Å². The predicted octanol–water partition coefficient (Wildman–Crippen LogP) is 1.75. The van der Waals surface area contributed by atoms with Crippen LogP contribution in [0.5, 0.6) is 0 Å². The van der Waals surface area contributed by atoms with Crippen molar-refractivity contribution < 1.29 is 9.59 Å². The number of hydrogen-bond donors (Lipinski definition) is 0. The fourth-order valence-electron chi connectivity index (χ4n) is 4.58. The summed E-state index contributed by atoms with van der Waals surface area (Å²) in [5.74, 6) is 1.34. The summed E-state index contributed by atoms with van der Waals surface area (Å²) in [5.41, 5.74) is 0.884. The molecule has 2 unspecified atom stereocenters. The van der Waals surface area contributed by atoms with E-state index < -0.39 is 0 Å². The highest BCUT2D eigenvalue weighted by Crippen LogP contribution is 2.42. The van der Waals surface area contributed by atoms with Crippen molar-refractivity contribution in [3.8, 4) is 0 Å². The minimum absolute atomic E-state index is 0.0700. The number of nitrogens with zero attached hydrogens (tertiary/aromatic N) is 5. The third-order valence-corrected chi connectivity index (χ3v) is 6.50. The van der Waals surface area contributed by atoms with Crippen molar-refractivity contribution in [2.45, 2.75) is 38.5 Å². The van der Waals surface area contributed by atoms with Crippen molar-refractivity contribution in [3.63, 3.8) is 0 Å². The molecule has 2 aliphatic heterocycles. The topological polar surface area (TPSA) is 69.6 Å². The Morgan fingerprint density at radius 3 is 2.46 bits per heavy atom. The van der Waals surface area contributed by atoms with E-state index in [1.807, 2.05) is 11.0 Å². The Labute approximate surface area is 167 Å². The third kappa shape index (κ3) is 3.71. The molecule has 0 spiro atoms. The van der Waals surface area contributed by atoms with Crippen LogP contribution in [0.3, 0.4) is 0 Å². The van der Waals surface area contributed by atoms with Gasteiger partial charge in [0.2, 0.25) is 17.8 Å². The van der Waals surface area contributed by atoms with Crippen LogP contribution in [-0.4, -0.2) is 71.9 Å². The lowest BCUT2D eigenvalue weighted by molar-refractivity contribution is -0.134. The maximum Gasteiger partial charge on any atom is 0.227 e. The molecule has 1 aromatic rings. The average molecular weight is 386 g/mol. The predicted molar refractivity (Wildman–Crippen MR) is 107 cm³/mol. The fourth-order valence-corrected chi connectivity index (χ4v) is 4.58. The van der Waals surface area contributed by atoms with Gasteiger partial charge in [-0.25, -0.2) is 9.97 Å². The van der Waals surface area contributed by atoms with E-state index in [0.717, 1.165) is 31.2 Å². The van der Waals surface area contributed by atoms with E-state index in [0.29, 0.717) is 19.0 Å². The van der Waals surface area contributed by atoms with Gasteiger partial charge in [0.05, 0.1) is 11.6 Å². The van der Waals surface area contributed by atoms with E-state index in [1.165, 1.54) is 19.3 Å². The van der Waals surface area contributed by atoms with Crippen LogP contribution in [-0.2, 0) is 9.59 Å². The Hall–Kier alpha value is -2.18. The maximum absolute atomic E-state index is 12.9. The number of anilines is 1. The van der Waals surface area contributed by atoms with Crippen LogP contribution >= 0.6 is 0 Å². The van der Waals surface area contributed by atoms with Crippen LogP contribution in [0.15, 0.2) is 12.3 Å². The molecule has 2 saturated heterocycles. The molecular formula is C21H31N5O2. The van der Waals surface area contributed by atoms with Crippen molar-refractivity contribution in [1.29, 1.82) is 0 Å². The highest BCUT2D eigenvalue weighted by molar-refractivity contribution is 5.85. The van der Waals surface area contributed by atoms with Gasteiger partial charge in [-0.2, -0.15) is 0 Å². The fraction of sp³-hybridized carbons (Fsp3) is 0.714. The summed E-state index contributed by atoms with van der Waals surface area (Å²) in [4.78, 5) is 40.8. The second kappa shape index (κ2) is 7.68. The molecule has 0 N–H and O–H groups in total. The minimum atomic E-state index is -0.239. The number of carbonyl (C=O) groups is 2. The van der Waals surface area contributed by atoms with Crippen LogP contribution in [0.2, 0.25) is 0 Å². The summed E-state index contributed by atoms with van der Waals surface area (Å²) in [6, 6.07) is 1.92. The van der Waals surface area contributed by atoms with E-state index in [-0.39, 0.29) is 29.6 Å². The largest absolute Gasteiger partial charge is 0.349 e. The molecule has 0 aromatic carbocycles. The van der Waals surface area contributed by atoms with Gasteiger partial charge in [0, 0.05) is 58.3 Å². The SMILES string of the molecule is CC1CC1C(=O)N1C[C@H](C(=O)N(C)C)[C@@H](c2ccnc(N3CCCCC3)n2)C1. The molecule has 0 bridgehead atoms. The monoisotopic (exact) mass is 385 g/mol. The maximum atomic E-state index is 12.9. The molecule has 1 aliphatic carbocycles. The molecule has 2 amide bonds. The molecule has 3 aliphatic rings. The second-order valence-electron chi connectivity index (χ2n) is 8.84. The zero-order chi connectivity index (χ0) is 19.8. The Bertz CT molecular complexity index is 746. The van der Waals surface area contributed by atoms with Gasteiger partial charge >= 0.3 is 0 Å². The molecule has 3 heterocycles. The molecule has 1 aromatic heterocycles. The average Bonchev–Trinajstić information content (AvgIpc) is 3.28. The Kier molecular flexibility index (Phi) is 5.25. The van der Waals surface area contributed by atoms with Crippen LogP contribution < -0.4 is 4.90 Å². The van der Waals surface area contributed by atoms with E-state index in [4.69, 9.17) is 4.98 Å². The van der Waals surface area contributed by atoms with Gasteiger partial charge in [0.15, 0.2) is 0 Å². The van der Waals surface area contributed by atoms with Gasteiger partial charge in [-0.1, -0.05) is 6.92 Å². The number of hydrogen-bond acceptors (Lipinski definition) is 5. The number of likely N-dealkylation sites (tertiary alicyclic amines) is 1. The molecule has 0 radical (unpaired) electrons. The molecule has 28 heavy (non-hydrogen) atoms. The van der Waals surface area contributed by atoms with Crippen LogP contribution in [0.25, 0.3) is 0 Å². The van der Waals surface area contributed by atoms with Gasteiger partial charge in [0.25, 0.3) is 0 Å². The van der Waals surface area contributed by atoms with E-state index in [9.17, 15) is 9.59 Å². The van der Waals surface area contributed by atoms with Crippen molar-refractivity contribution >= 4 is 17.8 Å². The van der Waals surface area contributed by atoms with E-state index in [2.05, 4.69) is 16.8 Å². The smallest absolute Gasteiger partial charge is 0.227 e. The van der Waals surface area contributed by atoms with E-state index in [1.54, 1.807) is 25.2 Å². The summed E-state index contributed by atoms with van der Waals surface area (Å²) >= 11 is 0. The summed E-state index contributed by atoms with van der Waals surface area (Å²) < 4.78 is 0. The Morgan fingerprint density at radius 2 is 1.82 bits per heavy atom. The minimum Gasteiger partial charge on any atom is -0.349 e. The molecule has 3 fully saturated rings. The first kappa shape index (κ1) is 19.2. The number of rotatable bonds is 4. The lowest BCUT2D eigenvalue weighted by atomic mass is 9.91. The van der Waals surface area contributed by atoms with Crippen molar-refractivity contribution in [2.24, 2.45) is 17.8 Å². The van der Waals surface area contributed by atoms with Gasteiger partial charge in [-0.15, -0.1) is 0 Å². The molecule has 7 nitrogen and oxygen atoms in total. The van der Waals surface area contributed by atoms with Crippen LogP contribution in [0.1, 0.15) is 44.2 Å². The summed E-state index contributed by atoms with van der Waals surface area (Å²) in [6.45, 7) is 5.15. The van der Waals surface area contributed by atoms with Crippen LogP contribution in [0, 0.1) is 17.8 Å². The number of amides is 2. The first-order valence-electron chi connectivity index (χ1n) is 10.5. The first-order chi connectivity index (χ1) is 13.5. The standard InChI is InChI=1S/C21H31N5O2/c1-14-11-15(14)20(28)26-12-16(17(13-26)19(27)24(2)3)18-7-8-22-21(23-18)25-9-5-4-6-10-25/h7-8,14-17H,4-6,9-13H2,1-3H3/t14?,15?,16-,17-/m0/s1. The van der Waals surface area contributed by atoms with Gasteiger partial charge in [-0.05, 0) is 37.7 Å². The van der Waals surface area contributed by atoms with Crippen molar-refractivity contribution in [1.82, 2.24) is 19.8 Å². The highest BCUT2D eigenvalue weighted by Gasteiger charge is 2.47. The zero-order valence-electron chi connectivity index (χ0n) is 17.2. The molecule has 152 valence electrons.